The van der Waals surface area contributed by atoms with E-state index in [-0.39, 0.29) is 6.10 Å². The minimum atomic E-state index is -0.806. The summed E-state index contributed by atoms with van der Waals surface area (Å²) in [5.41, 5.74) is -0.806. The average molecular weight is 344 g/mol. The summed E-state index contributed by atoms with van der Waals surface area (Å²) in [6, 6.07) is 0. The molecule has 0 spiro atoms. The largest absolute Gasteiger partial charge is 0.373 e. The van der Waals surface area contributed by atoms with Gasteiger partial charge in [0.05, 0.1) is 0 Å². The highest BCUT2D eigenvalue weighted by Gasteiger charge is 2.35. The van der Waals surface area contributed by atoms with Crippen LogP contribution in [-0.2, 0) is 14.2 Å². The molecule has 0 N–H and O–H groups in total. The van der Waals surface area contributed by atoms with Crippen LogP contribution < -0.4 is 0 Å². The van der Waals surface area contributed by atoms with E-state index in [2.05, 4.69) is 17.2 Å². The van der Waals surface area contributed by atoms with E-state index in [0.717, 1.165) is 12.8 Å². The van der Waals surface area contributed by atoms with E-state index in [4.69, 9.17) is 14.2 Å². The molecule has 0 aromatic carbocycles. The predicted octanol–water partition coefficient (Wildman–Crippen LogP) is 5.21. The molecule has 137 valence electrons. The summed E-state index contributed by atoms with van der Waals surface area (Å²) >= 11 is 0. The minimum Gasteiger partial charge on any atom is -0.373 e. The van der Waals surface area contributed by atoms with Crippen molar-refractivity contribution in [3.05, 3.63) is 0 Å². The maximum atomic E-state index is 5.89. The van der Waals surface area contributed by atoms with Crippen molar-refractivity contribution in [2.24, 2.45) is 0 Å². The Labute approximate surface area is 148 Å². The van der Waals surface area contributed by atoms with Gasteiger partial charge in [-0.1, -0.05) is 64.7 Å². The van der Waals surface area contributed by atoms with E-state index in [9.17, 15) is 0 Å². The number of ether oxygens (including phenoxy) is 3. The van der Waals surface area contributed by atoms with Crippen LogP contribution in [-0.4, -0.2) is 41.6 Å². The van der Waals surface area contributed by atoms with Crippen molar-refractivity contribution in [2.45, 2.75) is 103 Å². The molecule has 0 aliphatic heterocycles. The van der Waals surface area contributed by atoms with Crippen LogP contribution in [0.25, 0.3) is 0 Å². The first-order valence-electron chi connectivity index (χ1n) is 9.79. The summed E-state index contributed by atoms with van der Waals surface area (Å²) in [7, 11) is 3.68. The van der Waals surface area contributed by atoms with Crippen molar-refractivity contribution < 1.29 is 14.2 Å². The van der Waals surface area contributed by atoms with Crippen molar-refractivity contribution in [3.63, 3.8) is 0 Å². The smallest absolute Gasteiger partial charge is 0.169 e. The van der Waals surface area contributed by atoms with Crippen LogP contribution in [0.4, 0.5) is 0 Å². The van der Waals surface area contributed by atoms with Crippen LogP contribution in [0.1, 0.15) is 91.9 Å². The lowest BCUT2D eigenvalue weighted by atomic mass is 10.0. The molecule has 4 heteroatoms. The summed E-state index contributed by atoms with van der Waals surface area (Å²) in [5.74, 6) is 0. The van der Waals surface area contributed by atoms with Gasteiger partial charge in [0.1, 0.15) is 16.3 Å². The molecule has 1 unspecified atom stereocenters. The van der Waals surface area contributed by atoms with Crippen molar-refractivity contribution in [2.75, 3.05) is 19.8 Å². The van der Waals surface area contributed by atoms with E-state index in [1.54, 1.807) is 0 Å². The molecule has 0 bridgehead atoms. The summed E-state index contributed by atoms with van der Waals surface area (Å²) in [6.45, 7) is 10.1. The van der Waals surface area contributed by atoms with Crippen LogP contribution >= 0.6 is 0 Å². The number of rotatable bonds is 17. The van der Waals surface area contributed by atoms with Gasteiger partial charge in [0.2, 0.25) is 0 Å². The highest BCUT2D eigenvalue weighted by Crippen LogP contribution is 2.23. The number of unbranched alkanes of at least 4 members (excludes halogenated alkanes) is 8. The van der Waals surface area contributed by atoms with Crippen LogP contribution in [0.3, 0.4) is 0 Å². The highest BCUT2D eigenvalue weighted by atomic mass is 28.1. The first-order valence-corrected chi connectivity index (χ1v) is 10.3. The fourth-order valence-electron chi connectivity index (χ4n) is 2.88. The molecule has 1 atom stereocenters. The van der Waals surface area contributed by atoms with Gasteiger partial charge in [0.25, 0.3) is 0 Å². The summed E-state index contributed by atoms with van der Waals surface area (Å²) in [4.78, 5) is 0. The molecule has 0 saturated heterocycles. The van der Waals surface area contributed by atoms with E-state index >= 15 is 0 Å². The van der Waals surface area contributed by atoms with Gasteiger partial charge in [0, 0.05) is 19.8 Å². The standard InChI is InChI=1S/C19H39O3Si/c1-5-9-10-11-12-13-14-15-16-17-18(20-6-2)19(23,21-7-3)22-8-4/h18H,5-17H2,1-4H3. The van der Waals surface area contributed by atoms with Gasteiger partial charge in [-0.25, -0.2) is 0 Å². The quantitative estimate of drug-likeness (QED) is 0.206. The second-order valence-corrected chi connectivity index (χ2v) is 6.79. The zero-order chi connectivity index (χ0) is 17.4. The molecule has 0 heterocycles. The first-order chi connectivity index (χ1) is 11.1. The van der Waals surface area contributed by atoms with Crippen molar-refractivity contribution in [1.29, 1.82) is 0 Å². The van der Waals surface area contributed by atoms with Gasteiger partial charge < -0.3 is 14.2 Å². The molecule has 3 nitrogen and oxygen atoms in total. The average Bonchev–Trinajstić information content (AvgIpc) is 2.52. The minimum absolute atomic E-state index is 0.0615. The molecule has 0 aliphatic rings. The molecular formula is C19H39O3Si. The van der Waals surface area contributed by atoms with Crippen molar-refractivity contribution in [1.82, 2.24) is 0 Å². The lowest BCUT2D eigenvalue weighted by molar-refractivity contribution is -0.237. The van der Waals surface area contributed by atoms with Gasteiger partial charge in [0.15, 0.2) is 5.41 Å². The fourth-order valence-corrected chi connectivity index (χ4v) is 3.40. The lowest BCUT2D eigenvalue weighted by Gasteiger charge is -2.37. The Balaban J connectivity index is 3.98. The van der Waals surface area contributed by atoms with E-state index in [1.165, 1.54) is 51.4 Å². The van der Waals surface area contributed by atoms with Crippen molar-refractivity contribution in [3.8, 4) is 0 Å². The van der Waals surface area contributed by atoms with Gasteiger partial charge >= 0.3 is 0 Å². The topological polar surface area (TPSA) is 27.7 Å². The zero-order valence-corrected chi connectivity index (χ0v) is 17.0. The second kappa shape index (κ2) is 15.6. The van der Waals surface area contributed by atoms with Crippen LogP contribution in [0.2, 0.25) is 0 Å². The van der Waals surface area contributed by atoms with Crippen LogP contribution in [0.5, 0.6) is 0 Å². The monoisotopic (exact) mass is 343 g/mol. The molecule has 0 aromatic heterocycles. The molecule has 0 aliphatic carbocycles. The maximum Gasteiger partial charge on any atom is 0.169 e. The predicted molar refractivity (Wildman–Crippen MR) is 99.0 cm³/mol. The van der Waals surface area contributed by atoms with E-state index < -0.39 is 5.41 Å². The molecule has 0 aromatic rings. The van der Waals surface area contributed by atoms with Crippen LogP contribution in [0, 0.1) is 0 Å². The first kappa shape index (κ1) is 23.1. The molecular weight excluding hydrogens is 304 g/mol. The Hall–Kier alpha value is 0.0969. The molecule has 0 rings (SSSR count). The van der Waals surface area contributed by atoms with Gasteiger partial charge in [-0.15, -0.1) is 0 Å². The third-order valence-corrected chi connectivity index (χ3v) is 4.69. The van der Waals surface area contributed by atoms with Crippen LogP contribution in [0.15, 0.2) is 0 Å². The summed E-state index contributed by atoms with van der Waals surface area (Å²) in [5, 5.41) is 0. The van der Waals surface area contributed by atoms with E-state index in [0.29, 0.717) is 19.8 Å². The Morgan fingerprint density at radius 2 is 1.17 bits per heavy atom. The molecule has 3 radical (unpaired) electrons. The Morgan fingerprint density at radius 1 is 0.696 bits per heavy atom. The van der Waals surface area contributed by atoms with E-state index in [1.807, 2.05) is 20.8 Å². The highest BCUT2D eigenvalue weighted by molar-refractivity contribution is 6.13. The molecule has 0 saturated carbocycles. The number of hydrogen-bond acceptors (Lipinski definition) is 3. The summed E-state index contributed by atoms with van der Waals surface area (Å²) < 4.78 is 17.5. The van der Waals surface area contributed by atoms with Gasteiger partial charge in [-0.3, -0.25) is 0 Å². The Kier molecular flexibility index (Phi) is 15.7. The number of hydrogen-bond donors (Lipinski definition) is 0. The van der Waals surface area contributed by atoms with Crippen molar-refractivity contribution >= 4 is 10.2 Å². The normalized spacial score (nSPS) is 13.4. The third kappa shape index (κ3) is 11.3. The lowest BCUT2D eigenvalue weighted by Crippen LogP contribution is -2.49. The molecule has 0 fully saturated rings. The summed E-state index contributed by atoms with van der Waals surface area (Å²) in [6.07, 6.45) is 12.9. The van der Waals surface area contributed by atoms with Gasteiger partial charge in [-0.2, -0.15) is 0 Å². The van der Waals surface area contributed by atoms with Gasteiger partial charge in [-0.05, 0) is 27.2 Å². The Morgan fingerprint density at radius 3 is 1.61 bits per heavy atom. The zero-order valence-electron chi connectivity index (χ0n) is 16.0. The Bertz CT molecular complexity index is 243. The molecule has 0 amide bonds. The fraction of sp³-hybridized carbons (Fsp3) is 1.00. The SMILES string of the molecule is CCCCCCCCCCCC(OCC)C([Si])(OCC)OCC. The maximum absolute atomic E-state index is 5.89. The second-order valence-electron chi connectivity index (χ2n) is 6.09. The molecule has 23 heavy (non-hydrogen) atoms. The third-order valence-electron chi connectivity index (χ3n) is 4.08.